The van der Waals surface area contributed by atoms with Gasteiger partial charge in [0.05, 0.1) is 0 Å². The third kappa shape index (κ3) is 1.62. The van der Waals surface area contributed by atoms with E-state index in [4.69, 9.17) is 5.73 Å². The molecule has 1 aliphatic carbocycles. The first-order valence-corrected chi connectivity index (χ1v) is 4.03. The summed E-state index contributed by atoms with van der Waals surface area (Å²) in [6.45, 7) is 2.12. The Bertz CT molecular complexity index is 254. The molecule has 0 bridgehead atoms. The van der Waals surface area contributed by atoms with Gasteiger partial charge in [-0.2, -0.15) is 0 Å². The zero-order valence-corrected chi connectivity index (χ0v) is 8.03. The fourth-order valence-corrected chi connectivity index (χ4v) is 1.84. The van der Waals surface area contributed by atoms with Crippen molar-refractivity contribution in [3.8, 4) is 0 Å². The van der Waals surface area contributed by atoms with Gasteiger partial charge in [0.15, 0.2) is 0 Å². The minimum Gasteiger partial charge on any atom is -0.325 e. The van der Waals surface area contributed by atoms with Crippen molar-refractivity contribution in [3.05, 3.63) is 35.4 Å². The fourth-order valence-electron chi connectivity index (χ4n) is 1.84. The van der Waals surface area contributed by atoms with Crippen molar-refractivity contribution in [2.24, 2.45) is 5.73 Å². The van der Waals surface area contributed by atoms with Crippen LogP contribution < -0.4 is 5.73 Å². The standard InChI is InChI=1S/C10H13N.ClH/c1-10(11)6-8-4-2-3-5-9(8)7-10;/h2-5H,6-7,11H2,1H3;1H. The number of rotatable bonds is 0. The van der Waals surface area contributed by atoms with Crippen LogP contribution in [0.15, 0.2) is 24.3 Å². The predicted octanol–water partition coefficient (Wildman–Crippen LogP) is 1.92. The zero-order chi connectivity index (χ0) is 7.90. The van der Waals surface area contributed by atoms with Crippen LogP contribution in [0.3, 0.4) is 0 Å². The Hall–Kier alpha value is -0.530. The molecule has 0 amide bonds. The summed E-state index contributed by atoms with van der Waals surface area (Å²) >= 11 is 0. The van der Waals surface area contributed by atoms with E-state index < -0.39 is 0 Å². The topological polar surface area (TPSA) is 26.0 Å². The van der Waals surface area contributed by atoms with Crippen LogP contribution in [0.25, 0.3) is 0 Å². The maximum atomic E-state index is 6.03. The van der Waals surface area contributed by atoms with Crippen molar-refractivity contribution in [1.29, 1.82) is 0 Å². The molecule has 1 aliphatic rings. The molecule has 0 aliphatic heterocycles. The zero-order valence-electron chi connectivity index (χ0n) is 7.21. The number of hydrogen-bond acceptors (Lipinski definition) is 1. The van der Waals surface area contributed by atoms with Crippen molar-refractivity contribution >= 4 is 12.4 Å². The van der Waals surface area contributed by atoms with E-state index >= 15 is 0 Å². The lowest BCUT2D eigenvalue weighted by atomic mass is 10.0. The highest BCUT2D eigenvalue weighted by atomic mass is 35.5. The Kier molecular flexibility index (Phi) is 2.45. The summed E-state index contributed by atoms with van der Waals surface area (Å²) in [5, 5.41) is 0. The van der Waals surface area contributed by atoms with Crippen molar-refractivity contribution in [2.75, 3.05) is 0 Å². The summed E-state index contributed by atoms with van der Waals surface area (Å²) in [6, 6.07) is 8.52. The Balaban J connectivity index is 0.000000720. The van der Waals surface area contributed by atoms with Crippen molar-refractivity contribution < 1.29 is 0 Å². The lowest BCUT2D eigenvalue weighted by Crippen LogP contribution is -2.36. The van der Waals surface area contributed by atoms with Crippen LogP contribution in [0.4, 0.5) is 0 Å². The minimum atomic E-state index is 0. The molecular weight excluding hydrogens is 170 g/mol. The average molecular weight is 184 g/mol. The second-order valence-electron chi connectivity index (χ2n) is 3.78. The second kappa shape index (κ2) is 3.08. The Morgan fingerprint density at radius 2 is 1.58 bits per heavy atom. The summed E-state index contributed by atoms with van der Waals surface area (Å²) in [7, 11) is 0. The van der Waals surface area contributed by atoms with Gasteiger partial charge in [0, 0.05) is 5.54 Å². The second-order valence-corrected chi connectivity index (χ2v) is 3.78. The smallest absolute Gasteiger partial charge is 0.0207 e. The molecule has 0 atom stereocenters. The van der Waals surface area contributed by atoms with E-state index in [2.05, 4.69) is 31.2 Å². The van der Waals surface area contributed by atoms with Gasteiger partial charge in [0.25, 0.3) is 0 Å². The predicted molar refractivity (Wildman–Crippen MR) is 53.7 cm³/mol. The molecule has 1 aromatic carbocycles. The molecule has 0 spiro atoms. The van der Waals surface area contributed by atoms with E-state index in [-0.39, 0.29) is 17.9 Å². The van der Waals surface area contributed by atoms with Gasteiger partial charge in [-0.3, -0.25) is 0 Å². The van der Waals surface area contributed by atoms with Gasteiger partial charge in [-0.15, -0.1) is 12.4 Å². The van der Waals surface area contributed by atoms with Crippen LogP contribution in [0.1, 0.15) is 18.1 Å². The van der Waals surface area contributed by atoms with E-state index in [0.717, 1.165) is 12.8 Å². The molecule has 1 aromatic rings. The molecule has 2 heteroatoms. The van der Waals surface area contributed by atoms with E-state index in [1.54, 1.807) is 0 Å². The van der Waals surface area contributed by atoms with E-state index in [1.165, 1.54) is 11.1 Å². The lowest BCUT2D eigenvalue weighted by Gasteiger charge is -2.15. The van der Waals surface area contributed by atoms with Crippen LogP contribution >= 0.6 is 12.4 Å². The highest BCUT2D eigenvalue weighted by Gasteiger charge is 2.27. The molecular formula is C10H14ClN. The van der Waals surface area contributed by atoms with Crippen LogP contribution in [0.2, 0.25) is 0 Å². The molecule has 2 rings (SSSR count). The number of halogens is 1. The minimum absolute atomic E-state index is 0. The number of benzene rings is 1. The molecule has 12 heavy (non-hydrogen) atoms. The molecule has 0 aromatic heterocycles. The van der Waals surface area contributed by atoms with Gasteiger partial charge in [-0.05, 0) is 30.9 Å². The van der Waals surface area contributed by atoms with Gasteiger partial charge in [0.1, 0.15) is 0 Å². The molecule has 0 heterocycles. The SMILES string of the molecule is CC1(N)Cc2ccccc2C1.Cl. The van der Waals surface area contributed by atoms with E-state index in [1.807, 2.05) is 0 Å². The number of fused-ring (bicyclic) bond motifs is 1. The lowest BCUT2D eigenvalue weighted by molar-refractivity contribution is 0.499. The molecule has 0 saturated carbocycles. The third-order valence-electron chi connectivity index (χ3n) is 2.31. The highest BCUT2D eigenvalue weighted by Crippen LogP contribution is 2.27. The van der Waals surface area contributed by atoms with Gasteiger partial charge in [-0.1, -0.05) is 24.3 Å². The largest absolute Gasteiger partial charge is 0.325 e. The molecule has 66 valence electrons. The van der Waals surface area contributed by atoms with E-state index in [9.17, 15) is 0 Å². The molecule has 0 radical (unpaired) electrons. The fraction of sp³-hybridized carbons (Fsp3) is 0.400. The first-order chi connectivity index (χ1) is 5.17. The molecule has 0 fully saturated rings. The van der Waals surface area contributed by atoms with Crippen molar-refractivity contribution in [1.82, 2.24) is 0 Å². The summed E-state index contributed by atoms with van der Waals surface area (Å²) < 4.78 is 0. The van der Waals surface area contributed by atoms with Crippen LogP contribution in [0.5, 0.6) is 0 Å². The molecule has 0 saturated heterocycles. The van der Waals surface area contributed by atoms with Gasteiger partial charge >= 0.3 is 0 Å². The summed E-state index contributed by atoms with van der Waals surface area (Å²) in [4.78, 5) is 0. The summed E-state index contributed by atoms with van der Waals surface area (Å²) in [5.41, 5.74) is 8.89. The first-order valence-electron chi connectivity index (χ1n) is 4.03. The third-order valence-corrected chi connectivity index (χ3v) is 2.31. The van der Waals surface area contributed by atoms with Crippen molar-refractivity contribution in [2.45, 2.75) is 25.3 Å². The Labute approximate surface area is 79.4 Å². The Morgan fingerprint density at radius 3 is 2.00 bits per heavy atom. The van der Waals surface area contributed by atoms with Gasteiger partial charge in [0.2, 0.25) is 0 Å². The number of hydrogen-bond donors (Lipinski definition) is 1. The summed E-state index contributed by atoms with van der Waals surface area (Å²) in [6.07, 6.45) is 2.06. The molecule has 2 N–H and O–H groups in total. The van der Waals surface area contributed by atoms with E-state index in [0.29, 0.717) is 0 Å². The summed E-state index contributed by atoms with van der Waals surface area (Å²) in [5.74, 6) is 0. The Morgan fingerprint density at radius 1 is 1.17 bits per heavy atom. The first kappa shape index (κ1) is 9.56. The quantitative estimate of drug-likeness (QED) is 0.654. The van der Waals surface area contributed by atoms with Crippen molar-refractivity contribution in [3.63, 3.8) is 0 Å². The van der Waals surface area contributed by atoms with Gasteiger partial charge < -0.3 is 5.73 Å². The van der Waals surface area contributed by atoms with Crippen LogP contribution in [-0.4, -0.2) is 5.54 Å². The monoisotopic (exact) mass is 183 g/mol. The van der Waals surface area contributed by atoms with Crippen LogP contribution in [-0.2, 0) is 12.8 Å². The molecule has 0 unspecified atom stereocenters. The highest BCUT2D eigenvalue weighted by molar-refractivity contribution is 5.85. The number of nitrogens with two attached hydrogens (primary N) is 1. The maximum Gasteiger partial charge on any atom is 0.0207 e. The molecule has 1 nitrogen and oxygen atoms in total. The normalized spacial score (nSPS) is 18.2. The maximum absolute atomic E-state index is 6.03. The van der Waals surface area contributed by atoms with Gasteiger partial charge in [-0.25, -0.2) is 0 Å². The average Bonchev–Trinajstić information content (AvgIpc) is 2.21. The van der Waals surface area contributed by atoms with Crippen LogP contribution in [0, 0.1) is 0 Å².